The number of pyridine rings is 1. The molecule has 0 atom stereocenters. The highest BCUT2D eigenvalue weighted by molar-refractivity contribution is 5.73. The fourth-order valence-corrected chi connectivity index (χ4v) is 0.935. The van der Waals surface area contributed by atoms with Gasteiger partial charge in [-0.05, 0) is 18.6 Å². The van der Waals surface area contributed by atoms with Crippen LogP contribution in [-0.2, 0) is 0 Å². The molecule has 66 valence electrons. The van der Waals surface area contributed by atoms with Crippen LogP contribution in [-0.4, -0.2) is 15.2 Å². The Kier molecular flexibility index (Phi) is 2.80. The zero-order valence-electron chi connectivity index (χ0n) is 7.63. The fraction of sp³-hybridized carbons (Fsp3) is 0.333. The molecule has 12 heavy (non-hydrogen) atoms. The summed E-state index contributed by atoms with van der Waals surface area (Å²) in [5.41, 5.74) is 3.07. The minimum atomic E-state index is 0. The molecular weight excluding hydrogens is 150 g/mol. The van der Waals surface area contributed by atoms with Crippen LogP contribution in [0.1, 0.15) is 20.8 Å². The molecule has 0 unspecified atom stereocenters. The van der Waals surface area contributed by atoms with Gasteiger partial charge in [0.1, 0.15) is 5.52 Å². The van der Waals surface area contributed by atoms with Crippen LogP contribution in [0.4, 0.5) is 0 Å². The summed E-state index contributed by atoms with van der Waals surface area (Å²) in [5.74, 6) is 0. The van der Waals surface area contributed by atoms with Gasteiger partial charge in [0.25, 0.3) is 0 Å². The van der Waals surface area contributed by atoms with Gasteiger partial charge in [-0.1, -0.05) is 13.8 Å². The number of hydrogen-bond acceptors (Lipinski definition) is 2. The first-order valence-corrected chi connectivity index (χ1v) is 4.12. The summed E-state index contributed by atoms with van der Waals surface area (Å²) in [6.07, 6.45) is 3.55. The summed E-state index contributed by atoms with van der Waals surface area (Å²) >= 11 is 0. The number of nitrogens with zero attached hydrogens (tertiary/aromatic N) is 2. The Labute approximate surface area is 73.3 Å². The monoisotopic (exact) mass is 165 g/mol. The Bertz CT molecular complexity index is 356. The van der Waals surface area contributed by atoms with Crippen molar-refractivity contribution in [1.82, 2.24) is 15.2 Å². The third kappa shape index (κ3) is 1.61. The second kappa shape index (κ2) is 3.85. The van der Waals surface area contributed by atoms with E-state index in [9.17, 15) is 0 Å². The molecule has 3 heteroatoms. The van der Waals surface area contributed by atoms with Gasteiger partial charge in [0.2, 0.25) is 0 Å². The van der Waals surface area contributed by atoms with Crippen LogP contribution in [0, 0.1) is 6.92 Å². The van der Waals surface area contributed by atoms with Gasteiger partial charge in [-0.2, -0.15) is 5.10 Å². The summed E-state index contributed by atoms with van der Waals surface area (Å²) in [6, 6.07) is 2.02. The van der Waals surface area contributed by atoms with Crippen molar-refractivity contribution in [3.05, 3.63) is 24.0 Å². The van der Waals surface area contributed by atoms with E-state index in [1.54, 1.807) is 6.20 Å². The van der Waals surface area contributed by atoms with Crippen LogP contribution in [0.2, 0.25) is 0 Å². The van der Waals surface area contributed by atoms with E-state index in [4.69, 9.17) is 0 Å². The average Bonchev–Trinajstić information content (AvgIpc) is 2.54. The van der Waals surface area contributed by atoms with Gasteiger partial charge in [-0.3, -0.25) is 10.1 Å². The second-order valence-corrected chi connectivity index (χ2v) is 2.32. The number of fused-ring (bicyclic) bond motifs is 1. The molecule has 1 N–H and O–H groups in total. The molecule has 0 saturated heterocycles. The largest absolute Gasteiger partial charge is 0.276 e. The smallest absolute Gasteiger partial charge is 0.108 e. The molecule has 3 nitrogen and oxygen atoms in total. The van der Waals surface area contributed by atoms with Gasteiger partial charge in [0.15, 0.2) is 0 Å². The van der Waals surface area contributed by atoms with Gasteiger partial charge in [0.05, 0.1) is 11.7 Å². The molecular formula is C9H15N3. The van der Waals surface area contributed by atoms with Gasteiger partial charge >= 0.3 is 0 Å². The molecule has 0 saturated carbocycles. The Hall–Kier alpha value is -1.38. The van der Waals surface area contributed by atoms with Crippen LogP contribution in [0.3, 0.4) is 0 Å². The lowest BCUT2D eigenvalue weighted by Crippen LogP contribution is -1.76. The van der Waals surface area contributed by atoms with Crippen LogP contribution >= 0.6 is 0 Å². The molecule has 2 heterocycles. The van der Waals surface area contributed by atoms with Crippen molar-refractivity contribution in [1.29, 1.82) is 0 Å². The zero-order valence-corrected chi connectivity index (χ0v) is 7.63. The van der Waals surface area contributed by atoms with Crippen LogP contribution in [0.15, 0.2) is 18.5 Å². The SMILES string of the molecule is CC.Cc1cnc2cn[nH]c2c1.[HH]. The first kappa shape index (κ1) is 8.71. The van der Waals surface area contributed by atoms with Gasteiger partial charge in [-0.25, -0.2) is 0 Å². The Morgan fingerprint density at radius 1 is 1.33 bits per heavy atom. The van der Waals surface area contributed by atoms with Crippen LogP contribution in [0.5, 0.6) is 0 Å². The maximum absolute atomic E-state index is 4.15. The lowest BCUT2D eigenvalue weighted by Gasteiger charge is -1.88. The van der Waals surface area contributed by atoms with Crippen LogP contribution in [0.25, 0.3) is 11.0 Å². The second-order valence-electron chi connectivity index (χ2n) is 2.32. The standard InChI is InChI=1S/C7H7N3.C2H6.H2/c1-5-2-6-7(8-3-5)4-9-10-6;1-2;/h2-4H,1H3,(H,9,10);1-2H3;1H. The number of aromatic nitrogens is 3. The van der Waals surface area contributed by atoms with Crippen molar-refractivity contribution in [2.45, 2.75) is 20.8 Å². The van der Waals surface area contributed by atoms with E-state index < -0.39 is 0 Å². The van der Waals surface area contributed by atoms with Gasteiger partial charge < -0.3 is 0 Å². The Morgan fingerprint density at radius 3 is 2.83 bits per heavy atom. The van der Waals surface area contributed by atoms with Crippen molar-refractivity contribution < 1.29 is 1.43 Å². The lowest BCUT2D eigenvalue weighted by atomic mass is 10.3. The van der Waals surface area contributed by atoms with Gasteiger partial charge in [0, 0.05) is 7.62 Å². The minimum Gasteiger partial charge on any atom is -0.276 e. The minimum absolute atomic E-state index is 0. The van der Waals surface area contributed by atoms with E-state index in [-0.39, 0.29) is 1.43 Å². The molecule has 0 fully saturated rings. The summed E-state index contributed by atoms with van der Waals surface area (Å²) < 4.78 is 0. The fourth-order valence-electron chi connectivity index (χ4n) is 0.935. The predicted octanol–water partition coefficient (Wildman–Crippen LogP) is 2.54. The average molecular weight is 165 g/mol. The molecule has 0 amide bonds. The molecule has 0 aliphatic rings. The quantitative estimate of drug-likeness (QED) is 0.651. The third-order valence-electron chi connectivity index (χ3n) is 1.43. The van der Waals surface area contributed by atoms with Crippen molar-refractivity contribution in [3.63, 3.8) is 0 Å². The highest BCUT2D eigenvalue weighted by Gasteiger charge is 1.93. The number of H-pyrrole nitrogens is 1. The summed E-state index contributed by atoms with van der Waals surface area (Å²) in [5, 5.41) is 6.70. The number of hydrogen-bond donors (Lipinski definition) is 1. The predicted molar refractivity (Wildman–Crippen MR) is 52.1 cm³/mol. The van der Waals surface area contributed by atoms with Gasteiger partial charge in [-0.15, -0.1) is 0 Å². The molecule has 2 aromatic rings. The maximum atomic E-state index is 4.15. The molecule has 0 aliphatic heterocycles. The highest BCUT2D eigenvalue weighted by atomic mass is 15.1. The highest BCUT2D eigenvalue weighted by Crippen LogP contribution is 2.07. The topological polar surface area (TPSA) is 41.6 Å². The number of rotatable bonds is 0. The van der Waals surface area contributed by atoms with Crippen molar-refractivity contribution in [3.8, 4) is 0 Å². The summed E-state index contributed by atoms with van der Waals surface area (Å²) in [7, 11) is 0. The normalized spacial score (nSPS) is 9.25. The van der Waals surface area contributed by atoms with Crippen LogP contribution < -0.4 is 0 Å². The van der Waals surface area contributed by atoms with Crippen molar-refractivity contribution in [2.24, 2.45) is 0 Å². The molecule has 0 bridgehead atoms. The Morgan fingerprint density at radius 2 is 2.08 bits per heavy atom. The summed E-state index contributed by atoms with van der Waals surface area (Å²) in [4.78, 5) is 4.15. The first-order valence-electron chi connectivity index (χ1n) is 4.12. The van der Waals surface area contributed by atoms with E-state index >= 15 is 0 Å². The van der Waals surface area contributed by atoms with E-state index in [1.165, 1.54) is 0 Å². The van der Waals surface area contributed by atoms with E-state index in [1.807, 2.05) is 33.0 Å². The van der Waals surface area contributed by atoms with E-state index in [0.29, 0.717) is 0 Å². The number of aromatic amines is 1. The number of aryl methyl sites for hydroxylation is 1. The molecule has 0 aliphatic carbocycles. The van der Waals surface area contributed by atoms with E-state index in [2.05, 4.69) is 15.2 Å². The third-order valence-corrected chi connectivity index (χ3v) is 1.43. The van der Waals surface area contributed by atoms with E-state index in [0.717, 1.165) is 16.6 Å². The summed E-state index contributed by atoms with van der Waals surface area (Å²) in [6.45, 7) is 6.01. The van der Waals surface area contributed by atoms with Crippen molar-refractivity contribution >= 4 is 11.0 Å². The first-order chi connectivity index (χ1) is 5.86. The Balaban J connectivity index is 0.000000451. The van der Waals surface area contributed by atoms with Crippen molar-refractivity contribution in [2.75, 3.05) is 0 Å². The molecule has 0 aromatic carbocycles. The zero-order chi connectivity index (χ0) is 8.97. The molecule has 2 aromatic heterocycles. The maximum Gasteiger partial charge on any atom is 0.108 e. The molecule has 0 radical (unpaired) electrons. The lowest BCUT2D eigenvalue weighted by molar-refractivity contribution is 1.12. The number of nitrogens with one attached hydrogen (secondary N) is 1. The molecule has 0 spiro atoms. The molecule has 2 rings (SSSR count).